The molecule has 0 amide bonds. The zero-order valence-electron chi connectivity index (χ0n) is 12.1. The lowest BCUT2D eigenvalue weighted by molar-refractivity contribution is -0.677. The molecule has 3 aromatic rings. The van der Waals surface area contributed by atoms with Gasteiger partial charge >= 0.3 is 0 Å². The van der Waals surface area contributed by atoms with Crippen LogP contribution in [0.3, 0.4) is 0 Å². The molecular weight excluding hydrogens is 278 g/mol. The molecule has 1 N–H and O–H groups in total. The molecule has 2 aromatic carbocycles. The Morgan fingerprint density at radius 3 is 2.41 bits per heavy atom. The highest BCUT2D eigenvalue weighted by molar-refractivity contribution is 5.22. The average molecular weight is 295 g/mol. The number of hydrogen-bond acceptors (Lipinski definition) is 4. The van der Waals surface area contributed by atoms with Crippen LogP contribution in [0.5, 0.6) is 5.95 Å². The normalized spacial score (nSPS) is 10.7. The SMILES string of the molecule is [O-]c1on[n+](-c2ccccc2)c1CNCCc1ccccc1. The van der Waals surface area contributed by atoms with Crippen LogP contribution in [0.1, 0.15) is 11.3 Å². The quantitative estimate of drug-likeness (QED) is 0.551. The second-order valence-electron chi connectivity index (χ2n) is 4.97. The molecule has 0 radical (unpaired) electrons. The van der Waals surface area contributed by atoms with Gasteiger partial charge in [-0.3, -0.25) is 0 Å². The van der Waals surface area contributed by atoms with E-state index in [1.165, 1.54) is 10.2 Å². The fourth-order valence-corrected chi connectivity index (χ4v) is 2.27. The maximum Gasteiger partial charge on any atom is 0.253 e. The van der Waals surface area contributed by atoms with Gasteiger partial charge in [-0.25, -0.2) is 0 Å². The minimum Gasteiger partial charge on any atom is -0.539 e. The van der Waals surface area contributed by atoms with Gasteiger partial charge in [0, 0.05) is 12.1 Å². The van der Waals surface area contributed by atoms with Crippen LogP contribution in [0.4, 0.5) is 0 Å². The zero-order chi connectivity index (χ0) is 15.2. The van der Waals surface area contributed by atoms with E-state index in [2.05, 4.69) is 22.7 Å². The van der Waals surface area contributed by atoms with Crippen LogP contribution in [-0.4, -0.2) is 11.8 Å². The Kier molecular flexibility index (Phi) is 4.46. The predicted octanol–water partition coefficient (Wildman–Crippen LogP) is 1.36. The van der Waals surface area contributed by atoms with Gasteiger partial charge in [0.1, 0.15) is 0 Å². The third-order valence-corrected chi connectivity index (χ3v) is 3.42. The van der Waals surface area contributed by atoms with Gasteiger partial charge in [-0.1, -0.05) is 48.5 Å². The molecule has 0 aliphatic heterocycles. The molecule has 0 aliphatic rings. The van der Waals surface area contributed by atoms with E-state index < -0.39 is 5.95 Å². The molecule has 0 saturated heterocycles. The zero-order valence-corrected chi connectivity index (χ0v) is 12.1. The van der Waals surface area contributed by atoms with Crippen molar-refractivity contribution < 1.29 is 14.3 Å². The first-order chi connectivity index (χ1) is 10.8. The van der Waals surface area contributed by atoms with Gasteiger partial charge in [0.2, 0.25) is 5.69 Å². The largest absolute Gasteiger partial charge is 0.539 e. The summed E-state index contributed by atoms with van der Waals surface area (Å²) in [5.41, 5.74) is 2.58. The Hall–Kier alpha value is -2.66. The molecule has 0 atom stereocenters. The van der Waals surface area contributed by atoms with Crippen molar-refractivity contribution in [1.29, 1.82) is 0 Å². The van der Waals surface area contributed by atoms with Crippen molar-refractivity contribution in [2.75, 3.05) is 6.54 Å². The number of nitrogens with one attached hydrogen (secondary N) is 1. The Labute approximate surface area is 128 Å². The van der Waals surface area contributed by atoms with E-state index in [-0.39, 0.29) is 0 Å². The van der Waals surface area contributed by atoms with Gasteiger partial charge in [0.15, 0.2) is 5.95 Å². The first-order valence-electron chi connectivity index (χ1n) is 7.22. The molecule has 0 saturated carbocycles. The van der Waals surface area contributed by atoms with Crippen LogP contribution in [0.2, 0.25) is 0 Å². The van der Waals surface area contributed by atoms with Gasteiger partial charge in [-0.05, 0) is 23.2 Å². The second-order valence-corrected chi connectivity index (χ2v) is 4.97. The number of aromatic nitrogens is 2. The molecule has 0 bridgehead atoms. The fourth-order valence-electron chi connectivity index (χ4n) is 2.27. The van der Waals surface area contributed by atoms with Crippen LogP contribution in [-0.2, 0) is 13.0 Å². The molecule has 0 aliphatic carbocycles. The molecule has 0 fully saturated rings. The van der Waals surface area contributed by atoms with E-state index in [4.69, 9.17) is 4.52 Å². The van der Waals surface area contributed by atoms with Crippen molar-refractivity contribution in [2.45, 2.75) is 13.0 Å². The highest BCUT2D eigenvalue weighted by Crippen LogP contribution is 2.09. The molecule has 5 heteroatoms. The molecule has 22 heavy (non-hydrogen) atoms. The minimum absolute atomic E-state index is 0.406. The molecule has 112 valence electrons. The molecule has 0 spiro atoms. The Morgan fingerprint density at radius 1 is 1.00 bits per heavy atom. The Morgan fingerprint density at radius 2 is 1.68 bits per heavy atom. The molecule has 3 rings (SSSR count). The summed E-state index contributed by atoms with van der Waals surface area (Å²) in [6, 6.07) is 19.7. The Balaban J connectivity index is 1.62. The van der Waals surface area contributed by atoms with Gasteiger partial charge in [0.05, 0.1) is 11.8 Å². The summed E-state index contributed by atoms with van der Waals surface area (Å²) in [6.07, 6.45) is 0.908. The summed E-state index contributed by atoms with van der Waals surface area (Å²) in [5.74, 6) is -0.406. The van der Waals surface area contributed by atoms with Crippen molar-refractivity contribution in [3.63, 3.8) is 0 Å². The third-order valence-electron chi connectivity index (χ3n) is 3.42. The van der Waals surface area contributed by atoms with Crippen molar-refractivity contribution in [2.24, 2.45) is 0 Å². The summed E-state index contributed by atoms with van der Waals surface area (Å²) >= 11 is 0. The highest BCUT2D eigenvalue weighted by Gasteiger charge is 2.19. The lowest BCUT2D eigenvalue weighted by Crippen LogP contribution is -2.39. The van der Waals surface area contributed by atoms with E-state index in [0.717, 1.165) is 18.7 Å². The monoisotopic (exact) mass is 295 g/mol. The van der Waals surface area contributed by atoms with Crippen LogP contribution in [0.25, 0.3) is 5.69 Å². The number of benzene rings is 2. The topological polar surface area (TPSA) is 65.0 Å². The minimum atomic E-state index is -0.406. The van der Waals surface area contributed by atoms with Gasteiger partial charge in [-0.2, -0.15) is 0 Å². The summed E-state index contributed by atoms with van der Waals surface area (Å²) in [6.45, 7) is 1.20. The van der Waals surface area contributed by atoms with Crippen molar-refractivity contribution in [1.82, 2.24) is 10.6 Å². The number of nitrogens with zero attached hydrogens (tertiary/aromatic N) is 2. The predicted molar refractivity (Wildman–Crippen MR) is 79.3 cm³/mol. The smallest absolute Gasteiger partial charge is 0.253 e. The van der Waals surface area contributed by atoms with E-state index in [9.17, 15) is 5.11 Å². The molecule has 1 aromatic heterocycles. The highest BCUT2D eigenvalue weighted by atomic mass is 16.6. The van der Waals surface area contributed by atoms with E-state index in [1.807, 2.05) is 48.5 Å². The molecule has 1 heterocycles. The van der Waals surface area contributed by atoms with Crippen molar-refractivity contribution in [3.05, 3.63) is 71.9 Å². The maximum atomic E-state index is 11.8. The number of hydrogen-bond donors (Lipinski definition) is 1. The van der Waals surface area contributed by atoms with E-state index in [0.29, 0.717) is 12.2 Å². The van der Waals surface area contributed by atoms with E-state index in [1.54, 1.807) is 0 Å². The van der Waals surface area contributed by atoms with Gasteiger partial charge in [0.25, 0.3) is 5.69 Å². The van der Waals surface area contributed by atoms with E-state index >= 15 is 0 Å². The van der Waals surface area contributed by atoms with Crippen LogP contribution < -0.4 is 15.1 Å². The Bertz CT molecular complexity index is 711. The fraction of sp³-hybridized carbons (Fsp3) is 0.176. The molecular formula is C17H17N3O2. The third kappa shape index (κ3) is 3.32. The lowest BCUT2D eigenvalue weighted by Gasteiger charge is -2.03. The van der Waals surface area contributed by atoms with Crippen molar-refractivity contribution >= 4 is 0 Å². The molecule has 0 unspecified atom stereocenters. The van der Waals surface area contributed by atoms with Gasteiger partial charge in [-0.15, -0.1) is 0 Å². The second kappa shape index (κ2) is 6.87. The first-order valence-corrected chi connectivity index (χ1v) is 7.22. The van der Waals surface area contributed by atoms with Crippen molar-refractivity contribution in [3.8, 4) is 11.6 Å². The van der Waals surface area contributed by atoms with Gasteiger partial charge < -0.3 is 14.9 Å². The summed E-state index contributed by atoms with van der Waals surface area (Å²) < 4.78 is 6.32. The number of rotatable bonds is 6. The van der Waals surface area contributed by atoms with Crippen LogP contribution >= 0.6 is 0 Å². The summed E-state index contributed by atoms with van der Waals surface area (Å²) in [4.78, 5) is 0. The first kappa shape index (κ1) is 14.3. The average Bonchev–Trinajstić information content (AvgIpc) is 2.94. The summed E-state index contributed by atoms with van der Waals surface area (Å²) in [5, 5.41) is 18.9. The van der Waals surface area contributed by atoms with Crippen LogP contribution in [0.15, 0.2) is 65.2 Å². The number of para-hydroxylation sites is 1. The molecule has 5 nitrogen and oxygen atoms in total. The lowest BCUT2D eigenvalue weighted by atomic mass is 10.1. The van der Waals surface area contributed by atoms with Crippen LogP contribution in [0, 0.1) is 0 Å². The summed E-state index contributed by atoms with van der Waals surface area (Å²) in [7, 11) is 0. The maximum absolute atomic E-state index is 11.8. The standard InChI is InChI=1S/C17H17N3O2/c21-17-16(13-18-12-11-14-7-3-1-4-8-14)20(19-22-17)15-9-5-2-6-10-15/h1-10,18H,11-13H2.